The zero-order chi connectivity index (χ0) is 22.6. The number of rotatable bonds is 5. The van der Waals surface area contributed by atoms with Crippen molar-refractivity contribution in [3.63, 3.8) is 0 Å². The molecule has 1 aromatic carbocycles. The summed E-state index contributed by atoms with van der Waals surface area (Å²) in [6, 6.07) is 17.2. The van der Waals surface area contributed by atoms with E-state index in [2.05, 4.69) is 16.0 Å². The first-order valence-electron chi connectivity index (χ1n) is 10.5. The van der Waals surface area contributed by atoms with Crippen molar-refractivity contribution < 1.29 is 14.3 Å². The van der Waals surface area contributed by atoms with E-state index in [-0.39, 0.29) is 25.0 Å². The van der Waals surface area contributed by atoms with Crippen LogP contribution in [0, 0.1) is 0 Å². The van der Waals surface area contributed by atoms with Gasteiger partial charge in [-0.1, -0.05) is 30.3 Å². The maximum Gasteiger partial charge on any atom is 0.272 e. The van der Waals surface area contributed by atoms with Crippen LogP contribution < -0.4 is 0 Å². The van der Waals surface area contributed by atoms with Gasteiger partial charge in [0.25, 0.3) is 11.8 Å². The summed E-state index contributed by atoms with van der Waals surface area (Å²) in [5.41, 5.74) is 2.24. The van der Waals surface area contributed by atoms with Crippen LogP contribution in [0.2, 0.25) is 0 Å². The SMILES string of the molecule is CN(C)C(=O)C1(Cc2cccc(-c3ccncc3)c2)CN(C(=O)c2ccccn2)CCO1. The van der Waals surface area contributed by atoms with Gasteiger partial charge in [-0.2, -0.15) is 0 Å². The number of likely N-dealkylation sites (N-methyl/N-ethyl adjacent to an activating group) is 1. The molecule has 32 heavy (non-hydrogen) atoms. The average Bonchev–Trinajstić information content (AvgIpc) is 2.84. The van der Waals surface area contributed by atoms with E-state index in [1.807, 2.05) is 30.3 Å². The monoisotopic (exact) mass is 430 g/mol. The Morgan fingerprint density at radius 2 is 1.84 bits per heavy atom. The number of hydrogen-bond acceptors (Lipinski definition) is 5. The van der Waals surface area contributed by atoms with Crippen molar-refractivity contribution in [1.82, 2.24) is 19.8 Å². The largest absolute Gasteiger partial charge is 0.361 e. The molecule has 0 N–H and O–H groups in total. The molecule has 7 nitrogen and oxygen atoms in total. The van der Waals surface area contributed by atoms with Crippen LogP contribution in [-0.4, -0.2) is 71.0 Å². The number of carbonyl (C=O) groups excluding carboxylic acids is 2. The topological polar surface area (TPSA) is 75.6 Å². The molecule has 0 radical (unpaired) electrons. The number of ether oxygens (including phenoxy) is 1. The second-order valence-electron chi connectivity index (χ2n) is 8.10. The van der Waals surface area contributed by atoms with E-state index in [9.17, 15) is 9.59 Å². The second-order valence-corrected chi connectivity index (χ2v) is 8.10. The Labute approximate surface area is 187 Å². The zero-order valence-electron chi connectivity index (χ0n) is 18.3. The van der Waals surface area contributed by atoms with Crippen molar-refractivity contribution in [3.05, 3.63) is 84.4 Å². The lowest BCUT2D eigenvalue weighted by Crippen LogP contribution is -2.61. The number of pyridine rings is 2. The van der Waals surface area contributed by atoms with Gasteiger partial charge in [0.05, 0.1) is 13.2 Å². The molecular weight excluding hydrogens is 404 g/mol. The molecule has 2 aromatic heterocycles. The number of morpholine rings is 1. The number of hydrogen-bond donors (Lipinski definition) is 0. The minimum Gasteiger partial charge on any atom is -0.361 e. The predicted octanol–water partition coefficient (Wildman–Crippen LogP) is 2.69. The first-order valence-corrected chi connectivity index (χ1v) is 10.5. The summed E-state index contributed by atoms with van der Waals surface area (Å²) in [6.45, 7) is 0.857. The Kier molecular flexibility index (Phi) is 6.28. The highest BCUT2D eigenvalue weighted by atomic mass is 16.5. The van der Waals surface area contributed by atoms with Crippen molar-refractivity contribution >= 4 is 11.8 Å². The lowest BCUT2D eigenvalue weighted by atomic mass is 9.89. The maximum atomic E-state index is 13.3. The molecule has 0 aliphatic carbocycles. The highest BCUT2D eigenvalue weighted by Gasteiger charge is 2.46. The number of aromatic nitrogens is 2. The lowest BCUT2D eigenvalue weighted by molar-refractivity contribution is -0.165. The van der Waals surface area contributed by atoms with Gasteiger partial charge in [0.2, 0.25) is 0 Å². The summed E-state index contributed by atoms with van der Waals surface area (Å²) >= 11 is 0. The van der Waals surface area contributed by atoms with Gasteiger partial charge in [0.1, 0.15) is 5.69 Å². The molecule has 0 bridgehead atoms. The molecule has 164 valence electrons. The van der Waals surface area contributed by atoms with E-state index in [0.717, 1.165) is 16.7 Å². The smallest absolute Gasteiger partial charge is 0.272 e. The van der Waals surface area contributed by atoms with Crippen molar-refractivity contribution in [2.24, 2.45) is 0 Å². The Morgan fingerprint density at radius 1 is 1.03 bits per heavy atom. The molecule has 1 unspecified atom stereocenters. The van der Waals surface area contributed by atoms with Gasteiger partial charge in [-0.25, -0.2) is 0 Å². The molecule has 1 saturated heterocycles. The van der Waals surface area contributed by atoms with Gasteiger partial charge in [0.15, 0.2) is 5.60 Å². The number of carbonyl (C=O) groups is 2. The molecule has 0 spiro atoms. The van der Waals surface area contributed by atoms with Gasteiger partial charge >= 0.3 is 0 Å². The van der Waals surface area contributed by atoms with Crippen LogP contribution in [0.4, 0.5) is 0 Å². The van der Waals surface area contributed by atoms with Crippen LogP contribution >= 0.6 is 0 Å². The summed E-state index contributed by atoms with van der Waals surface area (Å²) in [4.78, 5) is 37.8. The molecule has 2 amide bonds. The van der Waals surface area contributed by atoms with E-state index in [1.165, 1.54) is 4.90 Å². The highest BCUT2D eigenvalue weighted by Crippen LogP contribution is 2.28. The van der Waals surface area contributed by atoms with Crippen molar-refractivity contribution in [3.8, 4) is 11.1 Å². The van der Waals surface area contributed by atoms with Gasteiger partial charge in [-0.05, 0) is 41.0 Å². The quantitative estimate of drug-likeness (QED) is 0.622. The third-order valence-corrected chi connectivity index (χ3v) is 5.58. The van der Waals surface area contributed by atoms with E-state index in [1.54, 1.807) is 55.8 Å². The summed E-state index contributed by atoms with van der Waals surface area (Å²) in [5.74, 6) is -0.360. The van der Waals surface area contributed by atoms with Crippen LogP contribution in [0.1, 0.15) is 16.1 Å². The number of benzene rings is 1. The number of nitrogens with zero attached hydrogens (tertiary/aromatic N) is 4. The standard InChI is InChI=1S/C25H26N4O3/c1-28(2)24(31)25(17-19-6-5-7-21(16-19)20-9-12-26-13-10-20)18-29(14-15-32-25)23(30)22-8-3-4-11-27-22/h3-13,16H,14-15,17-18H2,1-2H3. The average molecular weight is 431 g/mol. The van der Waals surface area contributed by atoms with Crippen molar-refractivity contribution in [2.75, 3.05) is 33.8 Å². The van der Waals surface area contributed by atoms with Gasteiger partial charge in [-0.3, -0.25) is 19.6 Å². The van der Waals surface area contributed by atoms with E-state index < -0.39 is 5.60 Å². The fourth-order valence-corrected chi connectivity index (χ4v) is 4.06. The third kappa shape index (κ3) is 4.53. The molecule has 0 saturated carbocycles. The molecule has 1 aliphatic heterocycles. The molecule has 1 aliphatic rings. The van der Waals surface area contributed by atoms with Gasteiger partial charge < -0.3 is 14.5 Å². The van der Waals surface area contributed by atoms with Crippen LogP contribution in [0.15, 0.2) is 73.2 Å². The zero-order valence-corrected chi connectivity index (χ0v) is 18.3. The number of amides is 2. The Morgan fingerprint density at radius 3 is 2.56 bits per heavy atom. The highest BCUT2D eigenvalue weighted by molar-refractivity contribution is 5.93. The molecule has 7 heteroatoms. The lowest BCUT2D eigenvalue weighted by Gasteiger charge is -2.42. The molecule has 3 heterocycles. The Hall–Kier alpha value is -3.58. The van der Waals surface area contributed by atoms with Crippen LogP contribution in [0.25, 0.3) is 11.1 Å². The molecular formula is C25H26N4O3. The van der Waals surface area contributed by atoms with Crippen molar-refractivity contribution in [1.29, 1.82) is 0 Å². The molecule has 1 fully saturated rings. The van der Waals surface area contributed by atoms with Crippen LogP contribution in [0.5, 0.6) is 0 Å². The van der Waals surface area contributed by atoms with E-state index in [4.69, 9.17) is 4.74 Å². The fraction of sp³-hybridized carbons (Fsp3) is 0.280. The third-order valence-electron chi connectivity index (χ3n) is 5.58. The Balaban J connectivity index is 1.64. The molecule has 3 aromatic rings. The molecule has 4 rings (SSSR count). The predicted molar refractivity (Wildman–Crippen MR) is 121 cm³/mol. The van der Waals surface area contributed by atoms with E-state index >= 15 is 0 Å². The van der Waals surface area contributed by atoms with Crippen molar-refractivity contribution in [2.45, 2.75) is 12.0 Å². The minimum atomic E-state index is -1.16. The molecule has 1 atom stereocenters. The first-order chi connectivity index (χ1) is 15.5. The van der Waals surface area contributed by atoms with Gasteiger partial charge in [-0.15, -0.1) is 0 Å². The summed E-state index contributed by atoms with van der Waals surface area (Å²) in [5, 5.41) is 0. The summed E-state index contributed by atoms with van der Waals surface area (Å²) < 4.78 is 6.14. The van der Waals surface area contributed by atoms with Crippen LogP contribution in [0.3, 0.4) is 0 Å². The fourth-order valence-electron chi connectivity index (χ4n) is 4.06. The van der Waals surface area contributed by atoms with E-state index in [0.29, 0.717) is 18.7 Å². The maximum absolute atomic E-state index is 13.3. The first kappa shape index (κ1) is 21.6. The van der Waals surface area contributed by atoms with Gasteiger partial charge in [0, 0.05) is 45.7 Å². The Bertz CT molecular complexity index is 1090. The van der Waals surface area contributed by atoms with Crippen LogP contribution in [-0.2, 0) is 16.0 Å². The minimum absolute atomic E-state index is 0.162. The summed E-state index contributed by atoms with van der Waals surface area (Å²) in [6.07, 6.45) is 5.46. The summed E-state index contributed by atoms with van der Waals surface area (Å²) in [7, 11) is 3.42. The second kappa shape index (κ2) is 9.28. The normalized spacial score (nSPS) is 18.2.